The minimum Gasteiger partial charge on any atom is -0.393 e. The molecule has 5 N–H and O–H groups in total. The highest BCUT2D eigenvalue weighted by Gasteiger charge is 2.65. The largest absolute Gasteiger partial charge is 0.393 e. The van der Waals surface area contributed by atoms with Crippen LogP contribution in [0.25, 0.3) is 0 Å². The zero-order valence-electron chi connectivity index (χ0n) is 21.4. The Hall–Kier alpha value is -0.740. The molecule has 4 rings (SSSR count). The number of rotatable bonds is 7. The predicted molar refractivity (Wildman–Crippen MR) is 132 cm³/mol. The first kappa shape index (κ1) is 27.3. The summed E-state index contributed by atoms with van der Waals surface area (Å²) in [5.74, 6) is 0.963. The molecule has 4 aliphatic rings. The average molecular weight is 516 g/mol. The molecule has 9 heteroatoms. The number of hydrogen-bond donors (Lipinski definition) is 5. The van der Waals surface area contributed by atoms with Gasteiger partial charge in [0.15, 0.2) is 0 Å². The molecule has 0 heterocycles. The van der Waals surface area contributed by atoms with Crippen LogP contribution in [0, 0.1) is 46.3 Å². The van der Waals surface area contributed by atoms with Gasteiger partial charge in [0, 0.05) is 13.0 Å². The van der Waals surface area contributed by atoms with Crippen molar-refractivity contribution in [3.8, 4) is 0 Å². The molecule has 0 unspecified atom stereocenters. The average Bonchev–Trinajstić information content (AvgIpc) is 3.13. The highest BCUT2D eigenvalue weighted by molar-refractivity contribution is 7.85. The van der Waals surface area contributed by atoms with Crippen molar-refractivity contribution in [2.75, 3.05) is 12.3 Å². The second-order valence-corrected chi connectivity index (χ2v) is 14.2. The Kier molecular flexibility index (Phi) is 7.69. The van der Waals surface area contributed by atoms with Crippen LogP contribution in [0.4, 0.5) is 0 Å². The molecule has 202 valence electrons. The third-order valence-corrected chi connectivity index (χ3v) is 11.7. The van der Waals surface area contributed by atoms with Gasteiger partial charge in [-0.2, -0.15) is 8.42 Å². The molecule has 8 nitrogen and oxygen atoms in total. The summed E-state index contributed by atoms with van der Waals surface area (Å²) in [7, 11) is -4.09. The summed E-state index contributed by atoms with van der Waals surface area (Å²) in [5.41, 5.74) is -0.299. The van der Waals surface area contributed by atoms with E-state index in [-0.39, 0.29) is 53.6 Å². The molecule has 0 radical (unpaired) electrons. The molecule has 4 aliphatic carbocycles. The summed E-state index contributed by atoms with van der Waals surface area (Å²) in [6.07, 6.45) is 5.64. The summed E-state index contributed by atoms with van der Waals surface area (Å²) < 4.78 is 30.5. The van der Waals surface area contributed by atoms with Crippen LogP contribution >= 0.6 is 0 Å². The van der Waals surface area contributed by atoms with E-state index >= 15 is 0 Å². The maximum Gasteiger partial charge on any atom is 0.266 e. The quantitative estimate of drug-likeness (QED) is 0.327. The van der Waals surface area contributed by atoms with Crippen molar-refractivity contribution in [2.24, 2.45) is 46.3 Å². The summed E-state index contributed by atoms with van der Waals surface area (Å²) in [6, 6.07) is 0. The zero-order chi connectivity index (χ0) is 25.8. The normalized spacial score (nSPS) is 46.3. The molecule has 4 saturated carbocycles. The van der Waals surface area contributed by atoms with Crippen molar-refractivity contribution in [2.45, 2.75) is 96.9 Å². The minimum atomic E-state index is -4.09. The third-order valence-electron chi connectivity index (χ3n) is 11.0. The Morgan fingerprint density at radius 3 is 2.43 bits per heavy atom. The monoisotopic (exact) mass is 515 g/mol. The lowest BCUT2D eigenvalue weighted by Gasteiger charge is -2.63. The predicted octanol–water partition coefficient (Wildman–Crippen LogP) is 2.37. The molecule has 1 amide bonds. The van der Waals surface area contributed by atoms with E-state index in [4.69, 9.17) is 4.55 Å². The standard InChI is InChI=1S/C26H45NO7S/c1-15(4-7-24(31)27-10-11-35(32,33)34)18-5-6-19-17-13-22(29)21-12-16(28)8-9-25(21,2)20(17)14-23(30)26(18,19)3/h15-23,28-30H,4-14H2,1-3H3,(H,27,31)(H,32,33,34)/t15-,16-,17+,18-,19+,20+,21+,22+,23+,25-,26-/m1/s1. The highest BCUT2D eigenvalue weighted by Crippen LogP contribution is 2.68. The fraction of sp³-hybridized carbons (Fsp3) is 0.962. The first-order chi connectivity index (χ1) is 16.3. The van der Waals surface area contributed by atoms with Crippen LogP contribution in [-0.2, 0) is 14.9 Å². The molecule has 0 aromatic rings. The van der Waals surface area contributed by atoms with Gasteiger partial charge >= 0.3 is 0 Å². The van der Waals surface area contributed by atoms with Crippen molar-refractivity contribution < 1.29 is 33.1 Å². The number of aliphatic hydroxyl groups is 3. The van der Waals surface area contributed by atoms with Crippen LogP contribution in [0.2, 0.25) is 0 Å². The molecule has 0 aromatic heterocycles. The van der Waals surface area contributed by atoms with Gasteiger partial charge in [0.1, 0.15) is 0 Å². The Morgan fingerprint density at radius 1 is 1.03 bits per heavy atom. The Balaban J connectivity index is 1.43. The lowest BCUT2D eigenvalue weighted by molar-refractivity contribution is -0.202. The maximum atomic E-state index is 12.2. The van der Waals surface area contributed by atoms with E-state index in [0.717, 1.165) is 38.5 Å². The van der Waals surface area contributed by atoms with E-state index in [1.165, 1.54) is 0 Å². The summed E-state index contributed by atoms with van der Waals surface area (Å²) in [4.78, 5) is 12.2. The molecular formula is C26H45NO7S. The van der Waals surface area contributed by atoms with Crippen molar-refractivity contribution in [1.82, 2.24) is 5.32 Å². The van der Waals surface area contributed by atoms with Crippen molar-refractivity contribution in [1.29, 1.82) is 0 Å². The first-order valence-electron chi connectivity index (χ1n) is 13.5. The molecule has 11 atom stereocenters. The van der Waals surface area contributed by atoms with Crippen molar-refractivity contribution in [3.63, 3.8) is 0 Å². The Bertz CT molecular complexity index is 896. The molecule has 0 aliphatic heterocycles. The number of amides is 1. The van der Waals surface area contributed by atoms with Crippen LogP contribution in [-0.4, -0.2) is 64.8 Å². The number of nitrogens with one attached hydrogen (secondary N) is 1. The van der Waals surface area contributed by atoms with Crippen LogP contribution in [0.15, 0.2) is 0 Å². The molecule has 0 spiro atoms. The summed E-state index contributed by atoms with van der Waals surface area (Å²) >= 11 is 0. The number of aliphatic hydroxyl groups excluding tert-OH is 3. The second kappa shape index (κ2) is 9.86. The zero-order valence-corrected chi connectivity index (χ0v) is 22.2. The van der Waals surface area contributed by atoms with E-state index in [2.05, 4.69) is 26.1 Å². The summed E-state index contributed by atoms with van der Waals surface area (Å²) in [5, 5.41) is 35.6. The minimum absolute atomic E-state index is 0.0479. The van der Waals surface area contributed by atoms with Crippen LogP contribution in [0.5, 0.6) is 0 Å². The van der Waals surface area contributed by atoms with Gasteiger partial charge in [-0.15, -0.1) is 0 Å². The van der Waals surface area contributed by atoms with Crippen LogP contribution in [0.1, 0.15) is 78.6 Å². The van der Waals surface area contributed by atoms with Gasteiger partial charge in [-0.05, 0) is 97.7 Å². The number of fused-ring (bicyclic) bond motifs is 5. The third kappa shape index (κ3) is 5.05. The van der Waals surface area contributed by atoms with Gasteiger partial charge < -0.3 is 20.6 Å². The number of carbonyl (C=O) groups is 1. The topological polar surface area (TPSA) is 144 Å². The van der Waals surface area contributed by atoms with E-state index in [1.807, 2.05) is 0 Å². The molecule has 0 bridgehead atoms. The van der Waals surface area contributed by atoms with Gasteiger partial charge in [0.25, 0.3) is 10.1 Å². The fourth-order valence-electron chi connectivity index (χ4n) is 9.17. The second-order valence-electron chi connectivity index (χ2n) is 12.7. The molecular weight excluding hydrogens is 470 g/mol. The van der Waals surface area contributed by atoms with E-state index in [1.54, 1.807) is 0 Å². The van der Waals surface area contributed by atoms with E-state index in [0.29, 0.717) is 30.6 Å². The SMILES string of the molecule is C[C@H](CCC(=O)NCCS(=O)(=O)O)[C@H]1CC[C@H]2[C@@H]3C[C@H](O)[C@@H]4C[C@H](O)CC[C@]4(C)[C@H]3C[C@H](O)[C@]12C. The smallest absolute Gasteiger partial charge is 0.266 e. The number of carbonyl (C=O) groups excluding carboxylic acids is 1. The Labute approximate surface area is 210 Å². The molecule has 0 aromatic carbocycles. The number of hydrogen-bond acceptors (Lipinski definition) is 6. The van der Waals surface area contributed by atoms with Gasteiger partial charge in [-0.3, -0.25) is 9.35 Å². The molecule has 35 heavy (non-hydrogen) atoms. The Morgan fingerprint density at radius 2 is 1.74 bits per heavy atom. The lowest BCUT2D eigenvalue weighted by Crippen LogP contribution is -2.61. The van der Waals surface area contributed by atoms with Gasteiger partial charge in [0.05, 0.1) is 24.1 Å². The lowest BCUT2D eigenvalue weighted by atomic mass is 9.43. The first-order valence-corrected chi connectivity index (χ1v) is 15.1. The van der Waals surface area contributed by atoms with Gasteiger partial charge in [-0.1, -0.05) is 20.8 Å². The van der Waals surface area contributed by atoms with Crippen molar-refractivity contribution in [3.05, 3.63) is 0 Å². The van der Waals surface area contributed by atoms with Crippen molar-refractivity contribution >= 4 is 16.0 Å². The van der Waals surface area contributed by atoms with Crippen LogP contribution in [0.3, 0.4) is 0 Å². The summed E-state index contributed by atoms with van der Waals surface area (Å²) in [6.45, 7) is 6.56. The van der Waals surface area contributed by atoms with Crippen LogP contribution < -0.4 is 5.32 Å². The van der Waals surface area contributed by atoms with Gasteiger partial charge in [-0.25, -0.2) is 0 Å². The van der Waals surface area contributed by atoms with E-state index in [9.17, 15) is 28.5 Å². The highest BCUT2D eigenvalue weighted by atomic mass is 32.2. The molecule has 4 fully saturated rings. The van der Waals surface area contributed by atoms with E-state index < -0.39 is 28.1 Å². The fourth-order valence-corrected chi connectivity index (χ4v) is 9.53. The maximum absolute atomic E-state index is 12.2. The van der Waals surface area contributed by atoms with Gasteiger partial charge in [0.2, 0.25) is 5.91 Å². The molecule has 0 saturated heterocycles.